The van der Waals surface area contributed by atoms with E-state index in [1.807, 2.05) is 12.1 Å². The van der Waals surface area contributed by atoms with E-state index < -0.39 is 0 Å². The van der Waals surface area contributed by atoms with Gasteiger partial charge in [0.15, 0.2) is 5.82 Å². The predicted molar refractivity (Wildman–Crippen MR) is 51.6 cm³/mol. The third-order valence-electron chi connectivity index (χ3n) is 2.01. The molecule has 1 aliphatic rings. The number of nitrogens with zero attached hydrogens (tertiary/aromatic N) is 3. The number of hydrogen-bond acceptors (Lipinski definition) is 3. The number of halogens is 1. The number of rotatable bonds is 1. The Morgan fingerprint density at radius 2 is 2.50 bits per heavy atom. The average molecular weight is 228 g/mol. The van der Waals surface area contributed by atoms with E-state index in [0.29, 0.717) is 4.83 Å². The maximum Gasteiger partial charge on any atom is 0.151 e. The fourth-order valence-electron chi connectivity index (χ4n) is 1.39. The summed E-state index contributed by atoms with van der Waals surface area (Å²) < 4.78 is 0. The molecule has 1 aliphatic heterocycles. The van der Waals surface area contributed by atoms with Gasteiger partial charge in [0.2, 0.25) is 0 Å². The zero-order valence-electron chi connectivity index (χ0n) is 6.65. The van der Waals surface area contributed by atoms with Crippen LogP contribution in [0.5, 0.6) is 0 Å². The smallest absolute Gasteiger partial charge is 0.151 e. The predicted octanol–water partition coefficient (Wildman–Crippen LogP) is 1.45. The van der Waals surface area contributed by atoms with Crippen LogP contribution in [0.3, 0.4) is 0 Å². The quantitative estimate of drug-likeness (QED) is 0.681. The number of hydrogen-bond donors (Lipinski definition) is 0. The maximum absolute atomic E-state index is 4.05. The second-order valence-electron chi connectivity index (χ2n) is 2.91. The lowest BCUT2D eigenvalue weighted by Crippen LogP contribution is -2.20. The summed E-state index contributed by atoms with van der Waals surface area (Å²) in [5.74, 6) is 0.986. The number of aromatic nitrogens is 2. The van der Waals surface area contributed by atoms with Crippen molar-refractivity contribution < 1.29 is 0 Å². The highest BCUT2D eigenvalue weighted by Gasteiger charge is 2.20. The lowest BCUT2D eigenvalue weighted by molar-refractivity contribution is 0.895. The molecule has 12 heavy (non-hydrogen) atoms. The maximum atomic E-state index is 4.05. The third-order valence-corrected chi connectivity index (χ3v) is 2.76. The highest BCUT2D eigenvalue weighted by molar-refractivity contribution is 9.09. The van der Waals surface area contributed by atoms with E-state index in [4.69, 9.17) is 0 Å². The van der Waals surface area contributed by atoms with Gasteiger partial charge in [-0.3, -0.25) is 0 Å². The molecule has 64 valence electrons. The fraction of sp³-hybridized carbons (Fsp3) is 0.500. The summed E-state index contributed by atoms with van der Waals surface area (Å²) in [4.78, 5) is 2.85. The van der Waals surface area contributed by atoms with Crippen molar-refractivity contribution in [2.75, 3.05) is 18.0 Å². The molecule has 0 radical (unpaired) electrons. The van der Waals surface area contributed by atoms with E-state index in [9.17, 15) is 0 Å². The molecule has 0 aromatic carbocycles. The van der Waals surface area contributed by atoms with Gasteiger partial charge >= 0.3 is 0 Å². The van der Waals surface area contributed by atoms with Gasteiger partial charge in [-0.05, 0) is 18.6 Å². The molecular weight excluding hydrogens is 218 g/mol. The zero-order chi connectivity index (χ0) is 8.39. The number of alkyl halides is 1. The molecule has 1 saturated heterocycles. The van der Waals surface area contributed by atoms with Crippen molar-refractivity contribution in [3.05, 3.63) is 18.3 Å². The molecule has 0 bridgehead atoms. The van der Waals surface area contributed by atoms with E-state index in [2.05, 4.69) is 31.0 Å². The molecule has 2 rings (SSSR count). The van der Waals surface area contributed by atoms with Crippen LogP contribution in [0.15, 0.2) is 18.3 Å². The van der Waals surface area contributed by atoms with Crippen molar-refractivity contribution in [3.8, 4) is 0 Å². The third kappa shape index (κ3) is 1.58. The first-order valence-electron chi connectivity index (χ1n) is 4.03. The minimum Gasteiger partial charge on any atom is -0.354 e. The molecule has 4 heteroatoms. The number of anilines is 1. The van der Waals surface area contributed by atoms with Crippen molar-refractivity contribution in [2.24, 2.45) is 0 Å². The van der Waals surface area contributed by atoms with E-state index in [0.717, 1.165) is 18.9 Å². The van der Waals surface area contributed by atoms with Gasteiger partial charge in [-0.15, -0.1) is 5.10 Å². The van der Waals surface area contributed by atoms with Gasteiger partial charge in [0.25, 0.3) is 0 Å². The standard InChI is InChI=1S/C8H10BrN3/c9-7-3-5-12(6-7)8-2-1-4-10-11-8/h1-2,4,7H,3,5-6H2. The first kappa shape index (κ1) is 7.98. The van der Waals surface area contributed by atoms with Crippen LogP contribution in [-0.2, 0) is 0 Å². The molecule has 0 saturated carbocycles. The van der Waals surface area contributed by atoms with Crippen molar-refractivity contribution >= 4 is 21.7 Å². The summed E-state index contributed by atoms with van der Waals surface area (Å²) >= 11 is 3.59. The Balaban J connectivity index is 2.11. The van der Waals surface area contributed by atoms with Crippen LogP contribution in [0.25, 0.3) is 0 Å². The van der Waals surface area contributed by atoms with Gasteiger partial charge in [-0.25, -0.2) is 0 Å². The highest BCUT2D eigenvalue weighted by atomic mass is 79.9. The second-order valence-corrected chi connectivity index (χ2v) is 4.21. The Morgan fingerprint density at radius 3 is 3.08 bits per heavy atom. The lowest BCUT2D eigenvalue weighted by atomic mass is 10.4. The van der Waals surface area contributed by atoms with Gasteiger partial charge in [-0.1, -0.05) is 15.9 Å². The Labute approximate surface area is 79.9 Å². The van der Waals surface area contributed by atoms with Crippen LogP contribution in [-0.4, -0.2) is 28.1 Å². The van der Waals surface area contributed by atoms with Crippen LogP contribution >= 0.6 is 15.9 Å². The van der Waals surface area contributed by atoms with Gasteiger partial charge in [0, 0.05) is 24.1 Å². The molecule has 3 nitrogen and oxygen atoms in total. The second kappa shape index (κ2) is 3.39. The van der Waals surface area contributed by atoms with E-state index in [1.165, 1.54) is 6.42 Å². The lowest BCUT2D eigenvalue weighted by Gasteiger charge is -2.14. The molecule has 1 aromatic heterocycles. The van der Waals surface area contributed by atoms with Gasteiger partial charge in [-0.2, -0.15) is 5.10 Å². The Kier molecular flexibility index (Phi) is 2.26. The van der Waals surface area contributed by atoms with Crippen LogP contribution in [0.2, 0.25) is 0 Å². The minimum absolute atomic E-state index is 0.611. The van der Waals surface area contributed by atoms with Gasteiger partial charge in [0.05, 0.1) is 0 Å². The summed E-state index contributed by atoms with van der Waals surface area (Å²) in [5, 5.41) is 7.90. The van der Waals surface area contributed by atoms with E-state index in [1.54, 1.807) is 6.20 Å². The van der Waals surface area contributed by atoms with E-state index >= 15 is 0 Å². The largest absolute Gasteiger partial charge is 0.354 e. The highest BCUT2D eigenvalue weighted by Crippen LogP contribution is 2.20. The Hall–Kier alpha value is -0.640. The van der Waals surface area contributed by atoms with Crippen molar-refractivity contribution in [1.29, 1.82) is 0 Å². The SMILES string of the molecule is BrC1CCN(c2cccnn2)C1. The summed E-state index contributed by atoms with van der Waals surface area (Å²) in [6, 6.07) is 3.92. The van der Waals surface area contributed by atoms with Crippen LogP contribution in [0.1, 0.15) is 6.42 Å². The molecule has 2 heterocycles. The van der Waals surface area contributed by atoms with Crippen LogP contribution in [0, 0.1) is 0 Å². The van der Waals surface area contributed by atoms with Crippen LogP contribution < -0.4 is 4.90 Å². The minimum atomic E-state index is 0.611. The first-order chi connectivity index (χ1) is 5.86. The summed E-state index contributed by atoms with van der Waals surface area (Å²) in [6.45, 7) is 2.12. The molecule has 0 N–H and O–H groups in total. The Bertz CT molecular complexity index is 252. The zero-order valence-corrected chi connectivity index (χ0v) is 8.24. The molecule has 1 atom stereocenters. The normalized spacial score (nSPS) is 23.1. The van der Waals surface area contributed by atoms with Crippen molar-refractivity contribution in [2.45, 2.75) is 11.2 Å². The van der Waals surface area contributed by atoms with Crippen molar-refractivity contribution in [3.63, 3.8) is 0 Å². The molecule has 1 aromatic rings. The van der Waals surface area contributed by atoms with Crippen LogP contribution in [0.4, 0.5) is 5.82 Å². The summed E-state index contributed by atoms with van der Waals surface area (Å²) in [7, 11) is 0. The monoisotopic (exact) mass is 227 g/mol. The first-order valence-corrected chi connectivity index (χ1v) is 4.94. The summed E-state index contributed by atoms with van der Waals surface area (Å²) in [6.07, 6.45) is 2.89. The van der Waals surface area contributed by atoms with Gasteiger partial charge < -0.3 is 4.90 Å². The van der Waals surface area contributed by atoms with E-state index in [-0.39, 0.29) is 0 Å². The molecular formula is C8H10BrN3. The molecule has 1 fully saturated rings. The summed E-state index contributed by atoms with van der Waals surface area (Å²) in [5.41, 5.74) is 0. The van der Waals surface area contributed by atoms with Crippen molar-refractivity contribution in [1.82, 2.24) is 10.2 Å². The topological polar surface area (TPSA) is 29.0 Å². The molecule has 0 amide bonds. The Morgan fingerprint density at radius 1 is 1.58 bits per heavy atom. The van der Waals surface area contributed by atoms with Gasteiger partial charge in [0.1, 0.15) is 0 Å². The fourth-order valence-corrected chi connectivity index (χ4v) is 1.94. The molecule has 1 unspecified atom stereocenters. The average Bonchev–Trinajstić information content (AvgIpc) is 2.54. The molecule has 0 spiro atoms. The molecule has 0 aliphatic carbocycles.